The third-order valence-corrected chi connectivity index (χ3v) is 5.91. The van der Waals surface area contributed by atoms with Gasteiger partial charge in [0, 0.05) is 12.1 Å². The molecule has 1 aromatic rings. The SMILES string of the molecule is Cc1cc(C(C(=O)NC(C)C)N(C(=O)C(CC(C)C)NC(=O)OC(C)(C)C)C2CCC2)ccc1O. The van der Waals surface area contributed by atoms with E-state index in [4.69, 9.17) is 4.74 Å². The lowest BCUT2D eigenvalue weighted by atomic mass is 9.87. The largest absolute Gasteiger partial charge is 0.508 e. The lowest BCUT2D eigenvalue weighted by molar-refractivity contribution is -0.148. The number of phenols is 1. The van der Waals surface area contributed by atoms with Crippen molar-refractivity contribution in [3.63, 3.8) is 0 Å². The average Bonchev–Trinajstić information content (AvgIpc) is 2.65. The molecule has 35 heavy (non-hydrogen) atoms. The van der Waals surface area contributed by atoms with Gasteiger partial charge in [0.2, 0.25) is 11.8 Å². The zero-order chi connectivity index (χ0) is 26.5. The van der Waals surface area contributed by atoms with Gasteiger partial charge in [0.05, 0.1) is 0 Å². The van der Waals surface area contributed by atoms with Crippen molar-refractivity contribution in [2.24, 2.45) is 5.92 Å². The van der Waals surface area contributed by atoms with Crippen LogP contribution in [0.5, 0.6) is 5.75 Å². The number of carbonyl (C=O) groups is 3. The minimum Gasteiger partial charge on any atom is -0.508 e. The monoisotopic (exact) mass is 489 g/mol. The summed E-state index contributed by atoms with van der Waals surface area (Å²) in [6.45, 7) is 14.8. The van der Waals surface area contributed by atoms with Gasteiger partial charge in [0.25, 0.3) is 0 Å². The molecule has 3 amide bonds. The standard InChI is InChI=1S/C27H43N3O5/c1-16(2)14-21(29-26(34)35-27(6,7)8)25(33)30(20-10-9-11-20)23(24(32)28-17(3)4)19-12-13-22(31)18(5)15-19/h12-13,15-17,20-21,23,31H,9-11,14H2,1-8H3,(H,28,32)(H,29,34). The predicted molar refractivity (Wildman–Crippen MR) is 136 cm³/mol. The van der Waals surface area contributed by atoms with E-state index in [1.807, 2.05) is 27.7 Å². The Labute approximate surface area is 209 Å². The van der Waals surface area contributed by atoms with Crippen molar-refractivity contribution in [3.05, 3.63) is 29.3 Å². The first-order chi connectivity index (χ1) is 16.2. The molecule has 0 heterocycles. The number of hydrogen-bond acceptors (Lipinski definition) is 5. The fourth-order valence-electron chi connectivity index (χ4n) is 4.16. The van der Waals surface area contributed by atoms with Crippen LogP contribution in [0.15, 0.2) is 18.2 Å². The second-order valence-corrected chi connectivity index (χ2v) is 11.3. The van der Waals surface area contributed by atoms with Gasteiger partial charge in [-0.1, -0.05) is 19.9 Å². The molecular weight excluding hydrogens is 446 g/mol. The summed E-state index contributed by atoms with van der Waals surface area (Å²) in [5.74, 6) is -0.335. The van der Waals surface area contributed by atoms with E-state index in [0.717, 1.165) is 19.3 Å². The fourth-order valence-corrected chi connectivity index (χ4v) is 4.16. The Bertz CT molecular complexity index is 903. The number of benzene rings is 1. The highest BCUT2D eigenvalue weighted by Gasteiger charge is 2.42. The Kier molecular flexibility index (Phi) is 9.58. The second-order valence-electron chi connectivity index (χ2n) is 11.3. The molecule has 0 aliphatic heterocycles. The zero-order valence-electron chi connectivity index (χ0n) is 22.5. The molecule has 0 spiro atoms. The van der Waals surface area contributed by atoms with Crippen molar-refractivity contribution in [2.75, 3.05) is 0 Å². The topological polar surface area (TPSA) is 108 Å². The van der Waals surface area contributed by atoms with Gasteiger partial charge in [-0.3, -0.25) is 9.59 Å². The smallest absolute Gasteiger partial charge is 0.408 e. The summed E-state index contributed by atoms with van der Waals surface area (Å²) in [5.41, 5.74) is 0.544. The molecule has 1 aliphatic rings. The first-order valence-electron chi connectivity index (χ1n) is 12.6. The van der Waals surface area contributed by atoms with E-state index in [1.54, 1.807) is 50.8 Å². The molecular formula is C27H43N3O5. The lowest BCUT2D eigenvalue weighted by Gasteiger charge is -2.44. The number of amides is 3. The molecule has 2 unspecified atom stereocenters. The van der Waals surface area contributed by atoms with Crippen LogP contribution >= 0.6 is 0 Å². The molecule has 2 atom stereocenters. The van der Waals surface area contributed by atoms with Gasteiger partial charge in [-0.05, 0) is 96.4 Å². The van der Waals surface area contributed by atoms with E-state index in [9.17, 15) is 19.5 Å². The third-order valence-electron chi connectivity index (χ3n) is 5.91. The maximum Gasteiger partial charge on any atom is 0.408 e. The molecule has 0 radical (unpaired) electrons. The van der Waals surface area contributed by atoms with Crippen LogP contribution in [0.3, 0.4) is 0 Å². The Hall–Kier alpha value is -2.77. The van der Waals surface area contributed by atoms with Gasteiger partial charge in [0.1, 0.15) is 23.4 Å². The Morgan fingerprint density at radius 3 is 2.20 bits per heavy atom. The highest BCUT2D eigenvalue weighted by atomic mass is 16.6. The maximum absolute atomic E-state index is 14.1. The van der Waals surface area contributed by atoms with Gasteiger partial charge < -0.3 is 25.4 Å². The van der Waals surface area contributed by atoms with Gasteiger partial charge >= 0.3 is 6.09 Å². The van der Waals surface area contributed by atoms with Crippen molar-refractivity contribution < 1.29 is 24.2 Å². The molecule has 196 valence electrons. The number of ether oxygens (including phenoxy) is 1. The lowest BCUT2D eigenvalue weighted by Crippen LogP contribution is -2.58. The Morgan fingerprint density at radius 2 is 1.74 bits per heavy atom. The maximum atomic E-state index is 14.1. The molecule has 2 rings (SSSR count). The normalized spacial score (nSPS) is 15.8. The van der Waals surface area contributed by atoms with Crippen LogP contribution in [-0.4, -0.2) is 51.6 Å². The summed E-state index contributed by atoms with van der Waals surface area (Å²) in [7, 11) is 0. The van der Waals surface area contributed by atoms with E-state index in [2.05, 4.69) is 10.6 Å². The number of aryl methyl sites for hydroxylation is 1. The van der Waals surface area contributed by atoms with Crippen LogP contribution in [0.25, 0.3) is 0 Å². The number of hydrogen-bond donors (Lipinski definition) is 3. The zero-order valence-corrected chi connectivity index (χ0v) is 22.5. The molecule has 1 aromatic carbocycles. The summed E-state index contributed by atoms with van der Waals surface area (Å²) >= 11 is 0. The average molecular weight is 490 g/mol. The molecule has 8 nitrogen and oxygen atoms in total. The molecule has 0 saturated heterocycles. The van der Waals surface area contributed by atoms with Crippen molar-refractivity contribution in [1.82, 2.24) is 15.5 Å². The fraction of sp³-hybridized carbons (Fsp3) is 0.667. The summed E-state index contributed by atoms with van der Waals surface area (Å²) in [5, 5.41) is 15.8. The van der Waals surface area contributed by atoms with E-state index < -0.39 is 23.8 Å². The molecule has 0 bridgehead atoms. The van der Waals surface area contributed by atoms with Crippen LogP contribution in [0.4, 0.5) is 4.79 Å². The quantitative estimate of drug-likeness (QED) is 0.470. The van der Waals surface area contributed by atoms with E-state index >= 15 is 0 Å². The van der Waals surface area contributed by atoms with Crippen molar-refractivity contribution >= 4 is 17.9 Å². The number of nitrogens with one attached hydrogen (secondary N) is 2. The minimum atomic E-state index is -0.885. The highest BCUT2D eigenvalue weighted by molar-refractivity contribution is 5.92. The summed E-state index contributed by atoms with van der Waals surface area (Å²) in [6, 6.07) is 3.03. The van der Waals surface area contributed by atoms with Crippen LogP contribution in [-0.2, 0) is 14.3 Å². The number of carbonyl (C=O) groups excluding carboxylic acids is 3. The molecule has 3 N–H and O–H groups in total. The van der Waals surface area contributed by atoms with E-state index in [-0.39, 0.29) is 35.6 Å². The number of alkyl carbamates (subject to hydrolysis) is 1. The predicted octanol–water partition coefficient (Wildman–Crippen LogP) is 4.59. The Morgan fingerprint density at radius 1 is 1.11 bits per heavy atom. The van der Waals surface area contributed by atoms with Gasteiger partial charge in [0.15, 0.2) is 0 Å². The van der Waals surface area contributed by atoms with Gasteiger partial charge in [-0.15, -0.1) is 0 Å². The first kappa shape index (κ1) is 28.5. The third kappa shape index (κ3) is 8.15. The van der Waals surface area contributed by atoms with E-state index in [1.165, 1.54) is 0 Å². The van der Waals surface area contributed by atoms with Gasteiger partial charge in [-0.2, -0.15) is 0 Å². The Balaban J connectivity index is 2.51. The van der Waals surface area contributed by atoms with Gasteiger partial charge in [-0.25, -0.2) is 4.79 Å². The van der Waals surface area contributed by atoms with E-state index in [0.29, 0.717) is 17.5 Å². The number of rotatable bonds is 9. The molecule has 1 fully saturated rings. The number of aromatic hydroxyl groups is 1. The summed E-state index contributed by atoms with van der Waals surface area (Å²) in [4.78, 5) is 41.9. The van der Waals surface area contributed by atoms with Crippen LogP contribution in [0, 0.1) is 12.8 Å². The van der Waals surface area contributed by atoms with Crippen LogP contribution in [0.2, 0.25) is 0 Å². The molecule has 8 heteroatoms. The van der Waals surface area contributed by atoms with Crippen LogP contribution < -0.4 is 10.6 Å². The van der Waals surface area contributed by atoms with Crippen molar-refractivity contribution in [3.8, 4) is 5.75 Å². The highest BCUT2D eigenvalue weighted by Crippen LogP contribution is 2.35. The first-order valence-corrected chi connectivity index (χ1v) is 12.6. The minimum absolute atomic E-state index is 0.116. The summed E-state index contributed by atoms with van der Waals surface area (Å²) < 4.78 is 5.43. The van der Waals surface area contributed by atoms with Crippen LogP contribution in [0.1, 0.15) is 91.3 Å². The van der Waals surface area contributed by atoms with Crippen molar-refractivity contribution in [2.45, 2.75) is 111 Å². The van der Waals surface area contributed by atoms with Crippen molar-refractivity contribution in [1.29, 1.82) is 0 Å². The molecule has 1 aliphatic carbocycles. The number of nitrogens with zero attached hydrogens (tertiary/aromatic N) is 1. The molecule has 1 saturated carbocycles. The second kappa shape index (κ2) is 11.8. The number of phenolic OH excluding ortho intramolecular Hbond substituents is 1. The summed E-state index contributed by atoms with van der Waals surface area (Å²) in [6.07, 6.45) is 2.29. The molecule has 0 aromatic heterocycles.